The second kappa shape index (κ2) is 6.74. The molecule has 1 aliphatic heterocycles. The van der Waals surface area contributed by atoms with Crippen molar-refractivity contribution >= 4 is 23.3 Å². The van der Waals surface area contributed by atoms with Crippen LogP contribution in [0.15, 0.2) is 11.4 Å². The maximum absolute atomic E-state index is 12.2. The van der Waals surface area contributed by atoms with Gasteiger partial charge in [-0.3, -0.25) is 4.79 Å². The molecular formula is C14H21N3O2S. The zero-order valence-corrected chi connectivity index (χ0v) is 12.8. The Morgan fingerprint density at radius 1 is 1.40 bits per heavy atom. The number of carbonyl (C=O) groups is 2. The fourth-order valence-electron chi connectivity index (χ4n) is 2.59. The molecule has 3 amide bonds. The van der Waals surface area contributed by atoms with Crippen LogP contribution in [-0.2, 0) is 11.2 Å². The normalized spacial score (nSPS) is 17.5. The average molecular weight is 295 g/mol. The van der Waals surface area contributed by atoms with E-state index in [0.29, 0.717) is 13.1 Å². The lowest BCUT2D eigenvalue weighted by molar-refractivity contribution is -0.118. The molecule has 2 heterocycles. The summed E-state index contributed by atoms with van der Waals surface area (Å²) in [5.74, 6) is -0.0772. The second-order valence-electron chi connectivity index (χ2n) is 4.88. The molecule has 0 saturated carbocycles. The van der Waals surface area contributed by atoms with Crippen molar-refractivity contribution in [3.05, 3.63) is 21.9 Å². The minimum absolute atomic E-state index is 0.0425. The molecule has 20 heavy (non-hydrogen) atoms. The van der Waals surface area contributed by atoms with Gasteiger partial charge in [-0.25, -0.2) is 4.79 Å². The maximum atomic E-state index is 12.2. The molecule has 0 aromatic carbocycles. The van der Waals surface area contributed by atoms with E-state index in [1.807, 2.05) is 4.90 Å². The number of fused-ring (bicyclic) bond motifs is 1. The van der Waals surface area contributed by atoms with Crippen LogP contribution in [0.1, 0.15) is 36.8 Å². The molecule has 2 rings (SSSR count). The highest BCUT2D eigenvalue weighted by molar-refractivity contribution is 7.10. The standard InChI is InChI=1S/C14H21N3O2S/c1-3-12-11-5-9-20-13(11)4-8-17(12)14(19)16-7-6-15-10(2)18/h5,9,12H,3-4,6-8H2,1-2H3,(H,15,18)(H,16,19). The third-order valence-corrected chi connectivity index (χ3v) is 4.51. The van der Waals surface area contributed by atoms with Crippen molar-refractivity contribution in [3.8, 4) is 0 Å². The second-order valence-corrected chi connectivity index (χ2v) is 5.88. The van der Waals surface area contributed by atoms with E-state index in [1.54, 1.807) is 11.3 Å². The van der Waals surface area contributed by atoms with Crippen molar-refractivity contribution in [1.82, 2.24) is 15.5 Å². The topological polar surface area (TPSA) is 61.4 Å². The Morgan fingerprint density at radius 3 is 2.85 bits per heavy atom. The fourth-order valence-corrected chi connectivity index (χ4v) is 3.52. The molecular weight excluding hydrogens is 274 g/mol. The predicted octanol–water partition coefficient (Wildman–Crippen LogP) is 1.90. The fraction of sp³-hybridized carbons (Fsp3) is 0.571. The number of hydrogen-bond acceptors (Lipinski definition) is 3. The Balaban J connectivity index is 1.91. The van der Waals surface area contributed by atoms with E-state index in [2.05, 4.69) is 29.0 Å². The molecule has 110 valence electrons. The zero-order chi connectivity index (χ0) is 14.5. The van der Waals surface area contributed by atoms with Crippen molar-refractivity contribution in [3.63, 3.8) is 0 Å². The van der Waals surface area contributed by atoms with Crippen LogP contribution in [0, 0.1) is 0 Å². The van der Waals surface area contributed by atoms with Gasteiger partial charge in [0.25, 0.3) is 0 Å². The van der Waals surface area contributed by atoms with Gasteiger partial charge in [0.2, 0.25) is 5.91 Å². The van der Waals surface area contributed by atoms with Crippen LogP contribution >= 0.6 is 11.3 Å². The molecule has 1 aromatic heterocycles. The minimum atomic E-state index is -0.0772. The van der Waals surface area contributed by atoms with Gasteiger partial charge in [-0.05, 0) is 29.9 Å². The van der Waals surface area contributed by atoms with Crippen LogP contribution in [0.25, 0.3) is 0 Å². The predicted molar refractivity (Wildman–Crippen MR) is 79.8 cm³/mol. The van der Waals surface area contributed by atoms with E-state index in [4.69, 9.17) is 0 Å². The third kappa shape index (κ3) is 3.30. The highest BCUT2D eigenvalue weighted by Gasteiger charge is 2.29. The van der Waals surface area contributed by atoms with Crippen LogP contribution < -0.4 is 10.6 Å². The molecule has 1 aromatic rings. The lowest BCUT2D eigenvalue weighted by Gasteiger charge is -2.35. The number of amides is 3. The van der Waals surface area contributed by atoms with Gasteiger partial charge in [0.05, 0.1) is 6.04 Å². The smallest absolute Gasteiger partial charge is 0.317 e. The summed E-state index contributed by atoms with van der Waals surface area (Å²) in [6.07, 6.45) is 1.85. The first kappa shape index (κ1) is 14.8. The van der Waals surface area contributed by atoms with Gasteiger partial charge < -0.3 is 15.5 Å². The molecule has 0 bridgehead atoms. The van der Waals surface area contributed by atoms with Crippen LogP contribution in [-0.4, -0.2) is 36.5 Å². The summed E-state index contributed by atoms with van der Waals surface area (Å²) in [4.78, 5) is 26.3. The highest BCUT2D eigenvalue weighted by Crippen LogP contribution is 2.34. The van der Waals surface area contributed by atoms with Crippen molar-refractivity contribution in [2.24, 2.45) is 0 Å². The molecule has 0 spiro atoms. The first-order valence-electron chi connectivity index (χ1n) is 6.98. The van der Waals surface area contributed by atoms with E-state index in [-0.39, 0.29) is 18.0 Å². The van der Waals surface area contributed by atoms with Gasteiger partial charge in [0.1, 0.15) is 0 Å². The van der Waals surface area contributed by atoms with Crippen LogP contribution in [0.3, 0.4) is 0 Å². The third-order valence-electron chi connectivity index (χ3n) is 3.52. The van der Waals surface area contributed by atoms with E-state index in [0.717, 1.165) is 19.4 Å². The summed E-state index contributed by atoms with van der Waals surface area (Å²) in [5, 5.41) is 7.64. The minimum Gasteiger partial charge on any atom is -0.355 e. The SMILES string of the molecule is CCC1c2ccsc2CCN1C(=O)NCCNC(C)=O. The molecule has 0 saturated heterocycles. The molecule has 2 N–H and O–H groups in total. The van der Waals surface area contributed by atoms with Gasteiger partial charge in [0, 0.05) is 31.4 Å². The van der Waals surface area contributed by atoms with Gasteiger partial charge in [0.15, 0.2) is 0 Å². The van der Waals surface area contributed by atoms with E-state index >= 15 is 0 Å². The van der Waals surface area contributed by atoms with Crippen molar-refractivity contribution in [1.29, 1.82) is 0 Å². The largest absolute Gasteiger partial charge is 0.355 e. The molecule has 6 heteroatoms. The number of hydrogen-bond donors (Lipinski definition) is 2. The Hall–Kier alpha value is -1.56. The summed E-state index contributed by atoms with van der Waals surface area (Å²) in [6.45, 7) is 5.27. The summed E-state index contributed by atoms with van der Waals surface area (Å²) in [7, 11) is 0. The number of urea groups is 1. The number of nitrogens with zero attached hydrogens (tertiary/aromatic N) is 1. The van der Waals surface area contributed by atoms with Gasteiger partial charge in [-0.2, -0.15) is 0 Å². The lowest BCUT2D eigenvalue weighted by Crippen LogP contribution is -2.46. The summed E-state index contributed by atoms with van der Waals surface area (Å²) >= 11 is 1.78. The average Bonchev–Trinajstić information content (AvgIpc) is 2.90. The summed E-state index contributed by atoms with van der Waals surface area (Å²) < 4.78 is 0. The van der Waals surface area contributed by atoms with E-state index < -0.39 is 0 Å². The van der Waals surface area contributed by atoms with Crippen molar-refractivity contribution < 1.29 is 9.59 Å². The first-order chi connectivity index (χ1) is 9.63. The Labute approximate surface area is 123 Å². The number of carbonyl (C=O) groups excluding carboxylic acids is 2. The highest BCUT2D eigenvalue weighted by atomic mass is 32.1. The molecule has 1 aliphatic rings. The summed E-state index contributed by atoms with van der Waals surface area (Å²) in [6, 6.07) is 2.26. The molecule has 0 fully saturated rings. The van der Waals surface area contributed by atoms with E-state index in [9.17, 15) is 9.59 Å². The number of rotatable bonds is 4. The molecule has 1 unspecified atom stereocenters. The monoisotopic (exact) mass is 295 g/mol. The maximum Gasteiger partial charge on any atom is 0.317 e. The van der Waals surface area contributed by atoms with Crippen LogP contribution in [0.2, 0.25) is 0 Å². The lowest BCUT2D eigenvalue weighted by atomic mass is 9.98. The van der Waals surface area contributed by atoms with E-state index in [1.165, 1.54) is 17.4 Å². The first-order valence-corrected chi connectivity index (χ1v) is 7.86. The van der Waals surface area contributed by atoms with Gasteiger partial charge in [-0.1, -0.05) is 6.92 Å². The number of nitrogens with one attached hydrogen (secondary N) is 2. The summed E-state index contributed by atoms with van der Waals surface area (Å²) in [5.41, 5.74) is 1.29. The quantitative estimate of drug-likeness (QED) is 0.834. The number of thiophene rings is 1. The van der Waals surface area contributed by atoms with Gasteiger partial charge in [-0.15, -0.1) is 11.3 Å². The van der Waals surface area contributed by atoms with Crippen molar-refractivity contribution in [2.45, 2.75) is 32.7 Å². The Morgan fingerprint density at radius 2 is 2.15 bits per heavy atom. The zero-order valence-electron chi connectivity index (χ0n) is 11.9. The van der Waals surface area contributed by atoms with Crippen molar-refractivity contribution in [2.75, 3.05) is 19.6 Å². The molecule has 0 aliphatic carbocycles. The molecule has 5 nitrogen and oxygen atoms in total. The van der Waals surface area contributed by atoms with Crippen LogP contribution in [0.4, 0.5) is 4.79 Å². The Kier molecular flexibility index (Phi) is 5.00. The van der Waals surface area contributed by atoms with Crippen LogP contribution in [0.5, 0.6) is 0 Å². The Bertz CT molecular complexity index is 487. The molecule has 1 atom stereocenters. The molecule has 0 radical (unpaired) electrons. The van der Waals surface area contributed by atoms with Gasteiger partial charge >= 0.3 is 6.03 Å².